The number of aryl methyl sites for hydroxylation is 1. The fraction of sp³-hybridized carbons (Fsp3) is 0.214. The molecule has 3 heteroatoms. The van der Waals surface area contributed by atoms with E-state index in [4.69, 9.17) is 5.73 Å². The van der Waals surface area contributed by atoms with Crippen molar-refractivity contribution in [3.05, 3.63) is 48.2 Å². The monoisotopic (exact) mass is 225 g/mol. The molecule has 3 nitrogen and oxygen atoms in total. The number of benzene rings is 1. The molecule has 0 saturated carbocycles. The van der Waals surface area contributed by atoms with Crippen molar-refractivity contribution in [1.82, 2.24) is 4.98 Å². The Morgan fingerprint density at radius 3 is 2.82 bits per heavy atom. The maximum atomic E-state index is 5.62. The average molecular weight is 225 g/mol. The summed E-state index contributed by atoms with van der Waals surface area (Å²) in [5, 5.41) is 0. The van der Waals surface area contributed by atoms with Gasteiger partial charge in [0.05, 0.1) is 11.9 Å². The highest BCUT2D eigenvalue weighted by Gasteiger charge is 2.17. The molecule has 0 aliphatic carbocycles. The maximum absolute atomic E-state index is 5.62. The molecule has 0 bridgehead atoms. The molecule has 0 saturated heterocycles. The number of hydrogen-bond acceptors (Lipinski definition) is 3. The largest absolute Gasteiger partial charge is 0.384 e. The third-order valence-electron chi connectivity index (χ3n) is 3.19. The van der Waals surface area contributed by atoms with Gasteiger partial charge in [0.2, 0.25) is 0 Å². The van der Waals surface area contributed by atoms with Gasteiger partial charge in [0.25, 0.3) is 0 Å². The maximum Gasteiger partial charge on any atom is 0.123 e. The van der Waals surface area contributed by atoms with E-state index in [2.05, 4.69) is 34.1 Å². The predicted molar refractivity (Wildman–Crippen MR) is 70.4 cm³/mol. The van der Waals surface area contributed by atoms with Crippen LogP contribution in [0.25, 0.3) is 0 Å². The molecule has 3 rings (SSSR count). The third-order valence-corrected chi connectivity index (χ3v) is 3.19. The van der Waals surface area contributed by atoms with Gasteiger partial charge in [0.15, 0.2) is 0 Å². The highest BCUT2D eigenvalue weighted by atomic mass is 15.1. The topological polar surface area (TPSA) is 42.1 Å². The molecular formula is C14H15N3. The molecular weight excluding hydrogens is 210 g/mol. The van der Waals surface area contributed by atoms with Crippen LogP contribution in [0.3, 0.4) is 0 Å². The first-order valence-corrected chi connectivity index (χ1v) is 5.91. The van der Waals surface area contributed by atoms with E-state index in [0.717, 1.165) is 18.7 Å². The SMILES string of the molecule is Nc1ccc(N2CCCc3ccccc32)cn1. The van der Waals surface area contributed by atoms with Crippen LogP contribution in [0.1, 0.15) is 12.0 Å². The summed E-state index contributed by atoms with van der Waals surface area (Å²) in [6.07, 6.45) is 4.19. The van der Waals surface area contributed by atoms with E-state index in [1.807, 2.05) is 18.3 Å². The molecule has 1 aromatic carbocycles. The van der Waals surface area contributed by atoms with E-state index in [1.54, 1.807) is 0 Å². The number of anilines is 3. The van der Waals surface area contributed by atoms with Gasteiger partial charge in [0.1, 0.15) is 5.82 Å². The Morgan fingerprint density at radius 1 is 1.12 bits per heavy atom. The Bertz CT molecular complexity index is 519. The van der Waals surface area contributed by atoms with Crippen molar-refractivity contribution in [3.63, 3.8) is 0 Å². The van der Waals surface area contributed by atoms with E-state index in [-0.39, 0.29) is 0 Å². The number of nitrogens with two attached hydrogens (primary N) is 1. The minimum absolute atomic E-state index is 0.569. The van der Waals surface area contributed by atoms with Gasteiger partial charge in [-0.2, -0.15) is 0 Å². The summed E-state index contributed by atoms with van der Waals surface area (Å²) >= 11 is 0. The molecule has 86 valence electrons. The number of rotatable bonds is 1. The van der Waals surface area contributed by atoms with E-state index < -0.39 is 0 Å². The summed E-state index contributed by atoms with van der Waals surface area (Å²) in [5.74, 6) is 0.569. The zero-order chi connectivity index (χ0) is 11.7. The Labute approximate surface area is 101 Å². The lowest BCUT2D eigenvalue weighted by atomic mass is 10.0. The predicted octanol–water partition coefficient (Wildman–Crippen LogP) is 2.75. The molecule has 0 fully saturated rings. The highest BCUT2D eigenvalue weighted by molar-refractivity contribution is 5.67. The van der Waals surface area contributed by atoms with E-state index in [9.17, 15) is 0 Å². The van der Waals surface area contributed by atoms with Crippen molar-refractivity contribution in [2.24, 2.45) is 0 Å². The van der Waals surface area contributed by atoms with Crippen molar-refractivity contribution in [2.75, 3.05) is 17.2 Å². The van der Waals surface area contributed by atoms with Gasteiger partial charge in [-0.05, 0) is 36.6 Å². The van der Waals surface area contributed by atoms with Crippen molar-refractivity contribution >= 4 is 17.2 Å². The van der Waals surface area contributed by atoms with Crippen LogP contribution in [0.5, 0.6) is 0 Å². The Hall–Kier alpha value is -2.03. The van der Waals surface area contributed by atoms with Crippen LogP contribution in [0.2, 0.25) is 0 Å². The molecule has 0 amide bonds. The molecule has 2 aromatic rings. The van der Waals surface area contributed by atoms with Crippen LogP contribution in [-0.4, -0.2) is 11.5 Å². The second-order valence-electron chi connectivity index (χ2n) is 4.33. The molecule has 1 aliphatic rings. The number of para-hydroxylation sites is 1. The first-order valence-electron chi connectivity index (χ1n) is 5.91. The van der Waals surface area contributed by atoms with Crippen molar-refractivity contribution in [2.45, 2.75) is 12.8 Å². The molecule has 0 atom stereocenters. The Kier molecular flexibility index (Phi) is 2.44. The number of hydrogen-bond donors (Lipinski definition) is 1. The molecule has 17 heavy (non-hydrogen) atoms. The van der Waals surface area contributed by atoms with Crippen LogP contribution in [0.4, 0.5) is 17.2 Å². The van der Waals surface area contributed by atoms with Gasteiger partial charge < -0.3 is 10.6 Å². The van der Waals surface area contributed by atoms with Gasteiger partial charge in [-0.25, -0.2) is 4.98 Å². The van der Waals surface area contributed by atoms with Gasteiger partial charge in [-0.1, -0.05) is 18.2 Å². The van der Waals surface area contributed by atoms with Gasteiger partial charge in [-0.3, -0.25) is 0 Å². The second-order valence-corrected chi connectivity index (χ2v) is 4.33. The number of pyridine rings is 1. The first kappa shape index (κ1) is 10.1. The fourth-order valence-electron chi connectivity index (χ4n) is 2.36. The summed E-state index contributed by atoms with van der Waals surface area (Å²) in [7, 11) is 0. The smallest absolute Gasteiger partial charge is 0.123 e. The minimum atomic E-state index is 0.569. The third kappa shape index (κ3) is 1.84. The summed E-state index contributed by atoms with van der Waals surface area (Å²) < 4.78 is 0. The average Bonchev–Trinajstić information content (AvgIpc) is 2.39. The number of nitrogens with zero attached hydrogens (tertiary/aromatic N) is 2. The Balaban J connectivity index is 2.03. The van der Waals surface area contributed by atoms with Crippen molar-refractivity contribution in [1.29, 1.82) is 0 Å². The zero-order valence-electron chi connectivity index (χ0n) is 9.63. The van der Waals surface area contributed by atoms with Crippen molar-refractivity contribution < 1.29 is 0 Å². The quantitative estimate of drug-likeness (QED) is 0.811. The normalized spacial score (nSPS) is 14.5. The summed E-state index contributed by atoms with van der Waals surface area (Å²) in [6.45, 7) is 1.04. The van der Waals surface area contributed by atoms with E-state index in [1.165, 1.54) is 17.7 Å². The highest BCUT2D eigenvalue weighted by Crippen LogP contribution is 2.32. The molecule has 0 unspecified atom stereocenters. The van der Waals surface area contributed by atoms with Crippen LogP contribution in [0, 0.1) is 0 Å². The van der Waals surface area contributed by atoms with Gasteiger partial charge >= 0.3 is 0 Å². The lowest BCUT2D eigenvalue weighted by Crippen LogP contribution is -2.24. The standard InChI is InChI=1S/C14H15N3/c15-14-8-7-12(10-16-14)17-9-3-5-11-4-1-2-6-13(11)17/h1-2,4,6-8,10H,3,5,9H2,(H2,15,16). The zero-order valence-corrected chi connectivity index (χ0v) is 9.63. The van der Waals surface area contributed by atoms with Crippen LogP contribution in [0.15, 0.2) is 42.6 Å². The van der Waals surface area contributed by atoms with Crippen LogP contribution < -0.4 is 10.6 Å². The van der Waals surface area contributed by atoms with Crippen molar-refractivity contribution in [3.8, 4) is 0 Å². The first-order chi connectivity index (χ1) is 8.34. The minimum Gasteiger partial charge on any atom is -0.384 e. The summed E-state index contributed by atoms with van der Waals surface area (Å²) in [5.41, 5.74) is 9.45. The van der Waals surface area contributed by atoms with Crippen LogP contribution >= 0.6 is 0 Å². The second kappa shape index (κ2) is 4.09. The van der Waals surface area contributed by atoms with E-state index >= 15 is 0 Å². The number of aromatic nitrogens is 1. The Morgan fingerprint density at radius 2 is 2.00 bits per heavy atom. The lowest BCUT2D eigenvalue weighted by Gasteiger charge is -2.31. The number of nitrogen functional groups attached to an aromatic ring is 1. The molecule has 1 aliphatic heterocycles. The fourth-order valence-corrected chi connectivity index (χ4v) is 2.36. The molecule has 2 N–H and O–H groups in total. The molecule has 0 radical (unpaired) electrons. The van der Waals surface area contributed by atoms with Gasteiger partial charge in [-0.15, -0.1) is 0 Å². The molecule has 2 heterocycles. The number of fused-ring (bicyclic) bond motifs is 1. The summed E-state index contributed by atoms with van der Waals surface area (Å²) in [6, 6.07) is 12.4. The van der Waals surface area contributed by atoms with E-state index in [0.29, 0.717) is 5.82 Å². The van der Waals surface area contributed by atoms with Crippen LogP contribution in [-0.2, 0) is 6.42 Å². The lowest BCUT2D eigenvalue weighted by molar-refractivity contribution is 0.766. The molecule has 1 aromatic heterocycles. The summed E-state index contributed by atoms with van der Waals surface area (Å²) in [4.78, 5) is 6.47. The molecule has 0 spiro atoms. The van der Waals surface area contributed by atoms with Gasteiger partial charge in [0, 0.05) is 12.2 Å².